The predicted octanol–water partition coefficient (Wildman–Crippen LogP) is 3.23. The van der Waals surface area contributed by atoms with E-state index in [2.05, 4.69) is 41.1 Å². The van der Waals surface area contributed by atoms with Crippen LogP contribution >= 0.6 is 0 Å². The highest BCUT2D eigenvalue weighted by Crippen LogP contribution is 2.28. The molecule has 4 nitrogen and oxygen atoms in total. The lowest BCUT2D eigenvalue weighted by Gasteiger charge is -2.24. The van der Waals surface area contributed by atoms with Gasteiger partial charge in [-0.1, -0.05) is 19.8 Å². The smallest absolute Gasteiger partial charge is 0.136 e. The van der Waals surface area contributed by atoms with Crippen molar-refractivity contribution in [1.29, 1.82) is 0 Å². The van der Waals surface area contributed by atoms with Crippen LogP contribution in [0.4, 0.5) is 11.6 Å². The Kier molecular flexibility index (Phi) is 5.00. The monoisotopic (exact) mass is 262 g/mol. The summed E-state index contributed by atoms with van der Waals surface area (Å²) >= 11 is 0. The van der Waals surface area contributed by atoms with E-state index < -0.39 is 0 Å². The standard InChI is InChI=1S/C15H26N4/c1-4-9-16-14-12(2)15(18-11-17-14)19(3)10-13-7-5-6-8-13/h11,13H,4-10H2,1-3H3,(H,16,17,18). The van der Waals surface area contributed by atoms with E-state index in [-0.39, 0.29) is 0 Å². The highest BCUT2D eigenvalue weighted by Gasteiger charge is 2.19. The third-order valence-corrected chi connectivity index (χ3v) is 3.97. The van der Waals surface area contributed by atoms with Crippen molar-refractivity contribution in [3.05, 3.63) is 11.9 Å². The lowest BCUT2D eigenvalue weighted by molar-refractivity contribution is 0.544. The number of hydrogen-bond donors (Lipinski definition) is 1. The third-order valence-electron chi connectivity index (χ3n) is 3.97. The molecule has 0 aromatic carbocycles. The molecule has 1 aliphatic rings. The lowest BCUT2D eigenvalue weighted by atomic mass is 10.1. The quantitative estimate of drug-likeness (QED) is 0.854. The van der Waals surface area contributed by atoms with Crippen molar-refractivity contribution in [2.24, 2.45) is 5.92 Å². The Balaban J connectivity index is 2.05. The summed E-state index contributed by atoms with van der Waals surface area (Å²) < 4.78 is 0. The van der Waals surface area contributed by atoms with Crippen LogP contribution in [0.2, 0.25) is 0 Å². The first-order valence-electron chi connectivity index (χ1n) is 7.49. The van der Waals surface area contributed by atoms with Crippen LogP contribution in [0.15, 0.2) is 6.33 Å². The van der Waals surface area contributed by atoms with Crippen molar-refractivity contribution in [3.8, 4) is 0 Å². The molecule has 0 spiro atoms. The van der Waals surface area contributed by atoms with E-state index in [0.29, 0.717) is 0 Å². The Morgan fingerprint density at radius 1 is 1.32 bits per heavy atom. The fourth-order valence-electron chi connectivity index (χ4n) is 2.91. The Bertz CT molecular complexity index is 399. The molecule has 1 aromatic heterocycles. The fourth-order valence-corrected chi connectivity index (χ4v) is 2.91. The summed E-state index contributed by atoms with van der Waals surface area (Å²) in [6.45, 7) is 6.35. The Morgan fingerprint density at radius 3 is 2.74 bits per heavy atom. The summed E-state index contributed by atoms with van der Waals surface area (Å²) in [5, 5.41) is 3.37. The molecule has 1 aliphatic carbocycles. The van der Waals surface area contributed by atoms with Gasteiger partial charge in [0.2, 0.25) is 0 Å². The number of hydrogen-bond acceptors (Lipinski definition) is 4. The van der Waals surface area contributed by atoms with Gasteiger partial charge < -0.3 is 10.2 Å². The summed E-state index contributed by atoms with van der Waals surface area (Å²) in [4.78, 5) is 11.1. The highest BCUT2D eigenvalue weighted by molar-refractivity contribution is 5.57. The molecular weight excluding hydrogens is 236 g/mol. The van der Waals surface area contributed by atoms with Crippen molar-refractivity contribution in [2.75, 3.05) is 30.4 Å². The van der Waals surface area contributed by atoms with E-state index in [4.69, 9.17) is 0 Å². The Hall–Kier alpha value is -1.32. The maximum atomic E-state index is 4.46. The van der Waals surface area contributed by atoms with Crippen LogP contribution in [0.3, 0.4) is 0 Å². The zero-order chi connectivity index (χ0) is 13.7. The number of aromatic nitrogens is 2. The van der Waals surface area contributed by atoms with Crippen LogP contribution in [0.25, 0.3) is 0 Å². The molecule has 1 saturated carbocycles. The first-order chi connectivity index (χ1) is 9.22. The molecule has 0 bridgehead atoms. The zero-order valence-electron chi connectivity index (χ0n) is 12.4. The van der Waals surface area contributed by atoms with Gasteiger partial charge in [-0.25, -0.2) is 9.97 Å². The summed E-state index contributed by atoms with van der Waals surface area (Å²) in [6, 6.07) is 0. The second kappa shape index (κ2) is 6.73. The van der Waals surface area contributed by atoms with Crippen molar-refractivity contribution in [3.63, 3.8) is 0 Å². The van der Waals surface area contributed by atoms with Gasteiger partial charge in [0.25, 0.3) is 0 Å². The van der Waals surface area contributed by atoms with Crippen LogP contribution in [-0.4, -0.2) is 30.1 Å². The van der Waals surface area contributed by atoms with Gasteiger partial charge in [-0.15, -0.1) is 0 Å². The Morgan fingerprint density at radius 2 is 2.05 bits per heavy atom. The van der Waals surface area contributed by atoms with E-state index in [1.165, 1.54) is 25.7 Å². The SMILES string of the molecule is CCCNc1ncnc(N(C)CC2CCCC2)c1C. The van der Waals surface area contributed by atoms with Gasteiger partial charge in [0.1, 0.15) is 18.0 Å². The molecule has 1 heterocycles. The minimum Gasteiger partial charge on any atom is -0.370 e. The first-order valence-corrected chi connectivity index (χ1v) is 7.49. The maximum absolute atomic E-state index is 4.46. The van der Waals surface area contributed by atoms with E-state index in [0.717, 1.165) is 42.6 Å². The van der Waals surface area contributed by atoms with Crippen LogP contribution in [-0.2, 0) is 0 Å². The summed E-state index contributed by atoms with van der Waals surface area (Å²) in [6.07, 6.45) is 8.31. The molecular formula is C15H26N4. The fraction of sp³-hybridized carbons (Fsp3) is 0.733. The molecule has 0 atom stereocenters. The molecule has 2 rings (SSSR count). The second-order valence-electron chi connectivity index (χ2n) is 5.63. The molecule has 0 unspecified atom stereocenters. The molecule has 19 heavy (non-hydrogen) atoms. The molecule has 1 aromatic rings. The highest BCUT2D eigenvalue weighted by atomic mass is 15.2. The number of rotatable bonds is 6. The van der Waals surface area contributed by atoms with Crippen molar-refractivity contribution in [1.82, 2.24) is 9.97 Å². The van der Waals surface area contributed by atoms with Crippen LogP contribution in [0.1, 0.15) is 44.6 Å². The first kappa shape index (κ1) is 14.1. The van der Waals surface area contributed by atoms with Crippen LogP contribution in [0.5, 0.6) is 0 Å². The normalized spacial score (nSPS) is 15.7. The van der Waals surface area contributed by atoms with E-state index in [9.17, 15) is 0 Å². The average molecular weight is 262 g/mol. The molecule has 1 N–H and O–H groups in total. The number of nitrogens with zero attached hydrogens (tertiary/aromatic N) is 3. The number of anilines is 2. The van der Waals surface area contributed by atoms with Gasteiger partial charge in [0.15, 0.2) is 0 Å². The summed E-state index contributed by atoms with van der Waals surface area (Å²) in [5.41, 5.74) is 1.16. The average Bonchev–Trinajstić information content (AvgIpc) is 2.90. The molecule has 106 valence electrons. The lowest BCUT2D eigenvalue weighted by Crippen LogP contribution is -2.26. The zero-order valence-corrected chi connectivity index (χ0v) is 12.4. The minimum absolute atomic E-state index is 0.839. The van der Waals surface area contributed by atoms with Gasteiger partial charge in [-0.2, -0.15) is 0 Å². The van der Waals surface area contributed by atoms with E-state index >= 15 is 0 Å². The van der Waals surface area contributed by atoms with Crippen molar-refractivity contribution >= 4 is 11.6 Å². The van der Waals surface area contributed by atoms with Gasteiger partial charge in [-0.05, 0) is 32.1 Å². The summed E-state index contributed by atoms with van der Waals surface area (Å²) in [5.74, 6) is 2.89. The molecule has 4 heteroatoms. The van der Waals surface area contributed by atoms with E-state index in [1.54, 1.807) is 6.33 Å². The Labute approximate surface area is 116 Å². The van der Waals surface area contributed by atoms with E-state index in [1.807, 2.05) is 0 Å². The van der Waals surface area contributed by atoms with Crippen molar-refractivity contribution in [2.45, 2.75) is 46.0 Å². The van der Waals surface area contributed by atoms with Crippen molar-refractivity contribution < 1.29 is 0 Å². The molecule has 0 aliphatic heterocycles. The molecule has 0 saturated heterocycles. The molecule has 0 radical (unpaired) electrons. The predicted molar refractivity (Wildman–Crippen MR) is 80.8 cm³/mol. The van der Waals surface area contributed by atoms with Gasteiger partial charge in [-0.3, -0.25) is 0 Å². The maximum Gasteiger partial charge on any atom is 0.136 e. The van der Waals surface area contributed by atoms with Crippen LogP contribution in [0, 0.1) is 12.8 Å². The molecule has 0 amide bonds. The van der Waals surface area contributed by atoms with Gasteiger partial charge in [0.05, 0.1) is 0 Å². The number of nitrogens with one attached hydrogen (secondary N) is 1. The third kappa shape index (κ3) is 3.58. The summed E-state index contributed by atoms with van der Waals surface area (Å²) in [7, 11) is 2.15. The molecule has 1 fully saturated rings. The largest absolute Gasteiger partial charge is 0.370 e. The second-order valence-corrected chi connectivity index (χ2v) is 5.63. The van der Waals surface area contributed by atoms with Gasteiger partial charge in [0, 0.05) is 25.7 Å². The van der Waals surface area contributed by atoms with Gasteiger partial charge >= 0.3 is 0 Å². The minimum atomic E-state index is 0.839. The van der Waals surface area contributed by atoms with Crippen LogP contribution < -0.4 is 10.2 Å². The topological polar surface area (TPSA) is 41.1 Å².